The van der Waals surface area contributed by atoms with Crippen LogP contribution >= 0.6 is 11.3 Å². The Hall–Kier alpha value is -0.410. The lowest BCUT2D eigenvalue weighted by molar-refractivity contribution is 0.556. The number of hydrogen-bond donors (Lipinski definition) is 1. The first kappa shape index (κ1) is 13.0. The topological polar surface area (TPSA) is 24.9 Å². The molecule has 0 spiro atoms. The molecule has 1 heterocycles. The van der Waals surface area contributed by atoms with Crippen molar-refractivity contribution in [2.75, 3.05) is 0 Å². The van der Waals surface area contributed by atoms with Crippen molar-refractivity contribution >= 4 is 11.3 Å². The predicted octanol–water partition coefficient (Wildman–Crippen LogP) is 3.82. The first-order valence-electron chi connectivity index (χ1n) is 6.61. The summed E-state index contributed by atoms with van der Waals surface area (Å²) in [5, 5.41) is 4.89. The molecule has 1 N–H and O–H groups in total. The molecule has 1 aliphatic rings. The third-order valence-corrected chi connectivity index (χ3v) is 4.40. The lowest BCUT2D eigenvalue weighted by Crippen LogP contribution is -2.20. The minimum Gasteiger partial charge on any atom is -0.309 e. The van der Waals surface area contributed by atoms with Crippen LogP contribution in [0.4, 0.5) is 0 Å². The first-order chi connectivity index (χ1) is 7.88. The Balaban J connectivity index is 2.20. The molecule has 0 saturated heterocycles. The van der Waals surface area contributed by atoms with E-state index in [1.165, 1.54) is 28.4 Å². The molecular formula is C14H24N2S. The molecule has 17 heavy (non-hydrogen) atoms. The van der Waals surface area contributed by atoms with Crippen LogP contribution in [0.15, 0.2) is 0 Å². The van der Waals surface area contributed by atoms with E-state index in [1.807, 2.05) is 11.3 Å². The van der Waals surface area contributed by atoms with Crippen molar-refractivity contribution in [2.24, 2.45) is 0 Å². The minimum absolute atomic E-state index is 0.157. The Bertz CT molecular complexity index is 383. The van der Waals surface area contributed by atoms with Crippen LogP contribution in [0.3, 0.4) is 0 Å². The molecular weight excluding hydrogens is 228 g/mol. The van der Waals surface area contributed by atoms with Gasteiger partial charge in [-0.05, 0) is 12.8 Å². The molecule has 0 bridgehead atoms. The van der Waals surface area contributed by atoms with Gasteiger partial charge in [-0.25, -0.2) is 4.98 Å². The van der Waals surface area contributed by atoms with Crippen LogP contribution in [0.5, 0.6) is 0 Å². The van der Waals surface area contributed by atoms with Crippen molar-refractivity contribution in [1.82, 2.24) is 10.3 Å². The van der Waals surface area contributed by atoms with Crippen molar-refractivity contribution in [1.29, 1.82) is 0 Å². The van der Waals surface area contributed by atoms with E-state index in [1.54, 1.807) is 0 Å². The summed E-state index contributed by atoms with van der Waals surface area (Å²) >= 11 is 1.89. The molecule has 0 amide bonds. The fourth-order valence-electron chi connectivity index (χ4n) is 1.85. The molecule has 0 aromatic carbocycles. The van der Waals surface area contributed by atoms with Gasteiger partial charge in [0.25, 0.3) is 0 Å². The fourth-order valence-corrected chi connectivity index (χ4v) is 3.08. The van der Waals surface area contributed by atoms with Crippen molar-refractivity contribution < 1.29 is 0 Å². The van der Waals surface area contributed by atoms with E-state index >= 15 is 0 Å². The van der Waals surface area contributed by atoms with Gasteiger partial charge in [0.05, 0.1) is 10.7 Å². The number of thiazole rings is 1. The summed E-state index contributed by atoms with van der Waals surface area (Å²) in [6.45, 7) is 12.2. The van der Waals surface area contributed by atoms with Crippen LogP contribution < -0.4 is 5.32 Å². The van der Waals surface area contributed by atoms with E-state index in [0.29, 0.717) is 5.92 Å². The maximum atomic E-state index is 4.86. The summed E-state index contributed by atoms with van der Waals surface area (Å²) in [5.74, 6) is 0.538. The lowest BCUT2D eigenvalue weighted by Gasteiger charge is -2.17. The molecule has 3 heteroatoms. The standard InChI is InChI=1S/C14H24N2S/c1-9(2)13-16-12(14(3,4)5)11(17-13)8-15-10-6-7-10/h9-10,15H,6-8H2,1-5H3. The van der Waals surface area contributed by atoms with E-state index in [9.17, 15) is 0 Å². The Kier molecular flexibility index (Phi) is 3.60. The third kappa shape index (κ3) is 3.29. The van der Waals surface area contributed by atoms with Gasteiger partial charge < -0.3 is 5.32 Å². The van der Waals surface area contributed by atoms with Gasteiger partial charge in [0.2, 0.25) is 0 Å². The van der Waals surface area contributed by atoms with Crippen LogP contribution in [0.2, 0.25) is 0 Å². The molecule has 96 valence electrons. The summed E-state index contributed by atoms with van der Waals surface area (Å²) in [5.41, 5.74) is 1.45. The molecule has 0 aliphatic heterocycles. The summed E-state index contributed by atoms with van der Waals surface area (Å²) in [6.07, 6.45) is 2.70. The molecule has 0 radical (unpaired) electrons. The first-order valence-corrected chi connectivity index (χ1v) is 7.43. The van der Waals surface area contributed by atoms with E-state index in [4.69, 9.17) is 4.98 Å². The van der Waals surface area contributed by atoms with Crippen LogP contribution in [0, 0.1) is 0 Å². The Morgan fingerprint density at radius 1 is 1.35 bits per heavy atom. The van der Waals surface area contributed by atoms with Crippen molar-refractivity contribution in [3.8, 4) is 0 Å². The highest BCUT2D eigenvalue weighted by molar-refractivity contribution is 7.11. The van der Waals surface area contributed by atoms with Gasteiger partial charge in [0.1, 0.15) is 0 Å². The van der Waals surface area contributed by atoms with E-state index in [-0.39, 0.29) is 5.41 Å². The second-order valence-electron chi connectivity index (χ2n) is 6.38. The van der Waals surface area contributed by atoms with Crippen molar-refractivity contribution in [3.63, 3.8) is 0 Å². The average Bonchev–Trinajstić information content (AvgIpc) is 2.91. The largest absolute Gasteiger partial charge is 0.309 e. The Morgan fingerprint density at radius 2 is 2.00 bits per heavy atom. The number of hydrogen-bond acceptors (Lipinski definition) is 3. The Labute approximate surface area is 109 Å². The van der Waals surface area contributed by atoms with Gasteiger partial charge in [-0.1, -0.05) is 34.6 Å². The zero-order valence-corrected chi connectivity index (χ0v) is 12.4. The monoisotopic (exact) mass is 252 g/mol. The normalized spacial score (nSPS) is 16.8. The maximum Gasteiger partial charge on any atom is 0.0957 e. The van der Waals surface area contributed by atoms with Gasteiger partial charge in [0.15, 0.2) is 0 Å². The third-order valence-electron chi connectivity index (χ3n) is 3.05. The molecule has 1 aliphatic carbocycles. The second-order valence-corrected chi connectivity index (χ2v) is 7.50. The summed E-state index contributed by atoms with van der Waals surface area (Å²) in [4.78, 5) is 6.30. The number of rotatable bonds is 4. The maximum absolute atomic E-state index is 4.86. The van der Waals surface area contributed by atoms with Crippen LogP contribution in [0.25, 0.3) is 0 Å². The molecule has 0 atom stereocenters. The highest BCUT2D eigenvalue weighted by Gasteiger charge is 2.26. The van der Waals surface area contributed by atoms with E-state index in [0.717, 1.165) is 12.6 Å². The smallest absolute Gasteiger partial charge is 0.0957 e. The quantitative estimate of drug-likeness (QED) is 0.881. The fraction of sp³-hybridized carbons (Fsp3) is 0.786. The highest BCUT2D eigenvalue weighted by Crippen LogP contribution is 2.33. The zero-order chi connectivity index (χ0) is 12.6. The van der Waals surface area contributed by atoms with Crippen LogP contribution in [0.1, 0.15) is 69.0 Å². The molecule has 2 nitrogen and oxygen atoms in total. The van der Waals surface area contributed by atoms with E-state index < -0.39 is 0 Å². The average molecular weight is 252 g/mol. The van der Waals surface area contributed by atoms with E-state index in [2.05, 4.69) is 39.9 Å². The van der Waals surface area contributed by atoms with Crippen molar-refractivity contribution in [2.45, 2.75) is 71.4 Å². The number of aromatic nitrogens is 1. The highest BCUT2D eigenvalue weighted by atomic mass is 32.1. The van der Waals surface area contributed by atoms with Crippen molar-refractivity contribution in [3.05, 3.63) is 15.6 Å². The van der Waals surface area contributed by atoms with Gasteiger partial charge in [0, 0.05) is 28.8 Å². The molecule has 0 unspecified atom stereocenters. The number of nitrogens with zero attached hydrogens (tertiary/aromatic N) is 1. The molecule has 2 rings (SSSR count). The van der Waals surface area contributed by atoms with Gasteiger partial charge in [-0.15, -0.1) is 11.3 Å². The summed E-state index contributed by atoms with van der Waals surface area (Å²) in [6, 6.07) is 0.771. The van der Waals surface area contributed by atoms with Gasteiger partial charge in [-0.3, -0.25) is 0 Å². The minimum atomic E-state index is 0.157. The van der Waals surface area contributed by atoms with Crippen LogP contribution in [-0.4, -0.2) is 11.0 Å². The number of nitrogens with one attached hydrogen (secondary N) is 1. The predicted molar refractivity (Wildman–Crippen MR) is 74.8 cm³/mol. The van der Waals surface area contributed by atoms with Crippen LogP contribution in [-0.2, 0) is 12.0 Å². The molecule has 1 aromatic rings. The summed E-state index contributed by atoms with van der Waals surface area (Å²) < 4.78 is 0. The molecule has 1 aromatic heterocycles. The second kappa shape index (κ2) is 4.69. The lowest BCUT2D eigenvalue weighted by atomic mass is 9.91. The van der Waals surface area contributed by atoms with Gasteiger partial charge in [-0.2, -0.15) is 0 Å². The SMILES string of the molecule is CC(C)c1nc(C(C)(C)C)c(CNC2CC2)s1. The zero-order valence-electron chi connectivity index (χ0n) is 11.6. The Morgan fingerprint density at radius 3 is 2.47 bits per heavy atom. The molecule has 1 fully saturated rings. The molecule has 1 saturated carbocycles. The van der Waals surface area contributed by atoms with Gasteiger partial charge >= 0.3 is 0 Å². The summed E-state index contributed by atoms with van der Waals surface area (Å²) in [7, 11) is 0.